The van der Waals surface area contributed by atoms with Crippen molar-refractivity contribution in [1.82, 2.24) is 0 Å². The van der Waals surface area contributed by atoms with E-state index in [1.165, 1.54) is 57.8 Å². The highest BCUT2D eigenvalue weighted by Gasteiger charge is 2.13. The predicted octanol–water partition coefficient (Wildman–Crippen LogP) is 5.56. The molecule has 0 fully saturated rings. The Kier molecular flexibility index (Phi) is 10.3. The molecule has 1 atom stereocenters. The van der Waals surface area contributed by atoms with Crippen LogP contribution in [-0.2, 0) is 9.53 Å². The summed E-state index contributed by atoms with van der Waals surface area (Å²) in [6.07, 6.45) is 19.3. The molecule has 0 aromatic heterocycles. The van der Waals surface area contributed by atoms with Crippen LogP contribution in [-0.4, -0.2) is 12.1 Å². The van der Waals surface area contributed by atoms with Crippen molar-refractivity contribution in [3.8, 4) is 0 Å². The molecule has 0 radical (unpaired) electrons. The van der Waals surface area contributed by atoms with E-state index in [1.807, 2.05) is 0 Å². The molecular formula is C18H32O2. The summed E-state index contributed by atoms with van der Waals surface area (Å²) in [4.78, 5) is 11.8. The van der Waals surface area contributed by atoms with Gasteiger partial charge in [0, 0.05) is 12.8 Å². The first-order chi connectivity index (χ1) is 9.83. The molecule has 1 aliphatic rings. The monoisotopic (exact) mass is 280 g/mol. The number of carbonyl (C=O) groups excluding carboxylic acids is 1. The number of cyclic esters (lactones) is 1. The SMILES string of the molecule is CCCCCCC1C/C=C/CCCCCCCC(=O)O1. The molecular weight excluding hydrogens is 248 g/mol. The molecule has 0 saturated carbocycles. The predicted molar refractivity (Wildman–Crippen MR) is 84.7 cm³/mol. The molecule has 0 spiro atoms. The third kappa shape index (κ3) is 9.17. The van der Waals surface area contributed by atoms with Crippen LogP contribution in [0.25, 0.3) is 0 Å². The molecule has 1 aliphatic heterocycles. The molecule has 0 aromatic carbocycles. The van der Waals surface area contributed by atoms with Gasteiger partial charge in [-0.05, 0) is 32.1 Å². The Morgan fingerprint density at radius 2 is 1.85 bits per heavy atom. The van der Waals surface area contributed by atoms with E-state index in [9.17, 15) is 4.79 Å². The van der Waals surface area contributed by atoms with Crippen molar-refractivity contribution in [1.29, 1.82) is 0 Å². The van der Waals surface area contributed by atoms with E-state index in [0.29, 0.717) is 6.42 Å². The topological polar surface area (TPSA) is 26.3 Å². The van der Waals surface area contributed by atoms with Gasteiger partial charge < -0.3 is 4.74 Å². The Hall–Kier alpha value is -0.790. The van der Waals surface area contributed by atoms with Crippen LogP contribution >= 0.6 is 0 Å². The van der Waals surface area contributed by atoms with Gasteiger partial charge in [-0.1, -0.05) is 57.6 Å². The second kappa shape index (κ2) is 12.0. The minimum Gasteiger partial charge on any atom is -0.462 e. The van der Waals surface area contributed by atoms with Crippen LogP contribution in [0.2, 0.25) is 0 Å². The smallest absolute Gasteiger partial charge is 0.306 e. The fraction of sp³-hybridized carbons (Fsp3) is 0.833. The van der Waals surface area contributed by atoms with Crippen molar-refractivity contribution in [2.45, 2.75) is 96.5 Å². The third-order valence-corrected chi connectivity index (χ3v) is 4.00. The van der Waals surface area contributed by atoms with E-state index in [2.05, 4.69) is 19.1 Å². The first-order valence-electron chi connectivity index (χ1n) is 8.67. The maximum atomic E-state index is 11.8. The number of ether oxygens (including phenoxy) is 1. The van der Waals surface area contributed by atoms with E-state index in [-0.39, 0.29) is 12.1 Å². The average molecular weight is 280 g/mol. The van der Waals surface area contributed by atoms with E-state index in [1.54, 1.807) is 0 Å². The second-order valence-corrected chi connectivity index (χ2v) is 5.97. The van der Waals surface area contributed by atoms with Gasteiger partial charge in [-0.25, -0.2) is 0 Å². The molecule has 0 aliphatic carbocycles. The molecule has 1 heterocycles. The molecule has 0 bridgehead atoms. The Bertz CT molecular complexity index is 271. The molecule has 1 rings (SSSR count). The summed E-state index contributed by atoms with van der Waals surface area (Å²) in [7, 11) is 0. The van der Waals surface area contributed by atoms with Gasteiger partial charge in [-0.3, -0.25) is 4.79 Å². The summed E-state index contributed by atoms with van der Waals surface area (Å²) in [5.41, 5.74) is 0. The number of unbranched alkanes of at least 4 members (excludes halogenated alkanes) is 3. The fourth-order valence-corrected chi connectivity index (χ4v) is 2.70. The largest absolute Gasteiger partial charge is 0.462 e. The lowest BCUT2D eigenvalue weighted by molar-refractivity contribution is -0.149. The minimum absolute atomic E-state index is 0.0122. The molecule has 0 saturated heterocycles. The van der Waals surface area contributed by atoms with Gasteiger partial charge in [-0.15, -0.1) is 0 Å². The maximum Gasteiger partial charge on any atom is 0.306 e. The number of carbonyl (C=O) groups is 1. The number of rotatable bonds is 5. The lowest BCUT2D eigenvalue weighted by atomic mass is 10.1. The average Bonchev–Trinajstić information content (AvgIpc) is 2.46. The van der Waals surface area contributed by atoms with Gasteiger partial charge in [0.1, 0.15) is 6.10 Å². The third-order valence-electron chi connectivity index (χ3n) is 4.00. The quantitative estimate of drug-likeness (QED) is 0.374. The zero-order valence-electron chi connectivity index (χ0n) is 13.2. The summed E-state index contributed by atoms with van der Waals surface area (Å²) in [6, 6.07) is 0. The summed E-state index contributed by atoms with van der Waals surface area (Å²) in [6.45, 7) is 2.22. The summed E-state index contributed by atoms with van der Waals surface area (Å²) in [5.74, 6) is 0.0122. The van der Waals surface area contributed by atoms with Crippen molar-refractivity contribution < 1.29 is 9.53 Å². The van der Waals surface area contributed by atoms with Gasteiger partial charge in [0.2, 0.25) is 0 Å². The van der Waals surface area contributed by atoms with Gasteiger partial charge in [0.25, 0.3) is 0 Å². The summed E-state index contributed by atoms with van der Waals surface area (Å²) < 4.78 is 5.65. The highest BCUT2D eigenvalue weighted by atomic mass is 16.5. The Balaban J connectivity index is 2.37. The number of esters is 1. The molecule has 0 aromatic rings. The molecule has 2 heteroatoms. The molecule has 0 amide bonds. The molecule has 0 N–H and O–H groups in total. The van der Waals surface area contributed by atoms with Crippen molar-refractivity contribution in [3.63, 3.8) is 0 Å². The van der Waals surface area contributed by atoms with E-state index < -0.39 is 0 Å². The van der Waals surface area contributed by atoms with Crippen LogP contribution < -0.4 is 0 Å². The Morgan fingerprint density at radius 3 is 2.70 bits per heavy atom. The zero-order chi connectivity index (χ0) is 14.5. The van der Waals surface area contributed by atoms with Crippen molar-refractivity contribution in [2.75, 3.05) is 0 Å². The molecule has 20 heavy (non-hydrogen) atoms. The normalized spacial score (nSPS) is 24.1. The summed E-state index contributed by atoms with van der Waals surface area (Å²) >= 11 is 0. The van der Waals surface area contributed by atoms with Crippen molar-refractivity contribution in [2.24, 2.45) is 0 Å². The number of hydrogen-bond acceptors (Lipinski definition) is 2. The standard InChI is InChI=1S/C18H32O2/c1-2-3-4-11-14-17-15-12-9-7-5-6-8-10-13-16-18(19)20-17/h9,12,17H,2-8,10-11,13-16H2,1H3/b12-9+. The van der Waals surface area contributed by atoms with Crippen LogP contribution in [0.15, 0.2) is 12.2 Å². The maximum absolute atomic E-state index is 11.8. The van der Waals surface area contributed by atoms with Crippen molar-refractivity contribution in [3.05, 3.63) is 12.2 Å². The Morgan fingerprint density at radius 1 is 1.05 bits per heavy atom. The molecule has 1 unspecified atom stereocenters. The van der Waals surface area contributed by atoms with E-state index in [4.69, 9.17) is 4.74 Å². The van der Waals surface area contributed by atoms with Gasteiger partial charge in [-0.2, -0.15) is 0 Å². The van der Waals surface area contributed by atoms with Crippen molar-refractivity contribution >= 4 is 5.97 Å². The number of hydrogen-bond donors (Lipinski definition) is 0. The highest BCUT2D eigenvalue weighted by molar-refractivity contribution is 5.69. The first kappa shape index (κ1) is 17.3. The Labute approximate surface area is 125 Å². The number of allylic oxidation sites excluding steroid dienone is 1. The molecule has 2 nitrogen and oxygen atoms in total. The van der Waals surface area contributed by atoms with Crippen LogP contribution in [0.1, 0.15) is 90.4 Å². The minimum atomic E-state index is 0.0122. The summed E-state index contributed by atoms with van der Waals surface area (Å²) in [5, 5.41) is 0. The van der Waals surface area contributed by atoms with Gasteiger partial charge in [0.15, 0.2) is 0 Å². The second-order valence-electron chi connectivity index (χ2n) is 5.97. The van der Waals surface area contributed by atoms with Crippen LogP contribution in [0, 0.1) is 0 Å². The van der Waals surface area contributed by atoms with Crippen LogP contribution in [0.3, 0.4) is 0 Å². The fourth-order valence-electron chi connectivity index (χ4n) is 2.70. The van der Waals surface area contributed by atoms with Crippen LogP contribution in [0.5, 0.6) is 0 Å². The lowest BCUT2D eigenvalue weighted by Gasteiger charge is -2.16. The van der Waals surface area contributed by atoms with Gasteiger partial charge >= 0.3 is 5.97 Å². The van der Waals surface area contributed by atoms with Gasteiger partial charge in [0.05, 0.1) is 0 Å². The van der Waals surface area contributed by atoms with E-state index >= 15 is 0 Å². The highest BCUT2D eigenvalue weighted by Crippen LogP contribution is 2.16. The van der Waals surface area contributed by atoms with Crippen LogP contribution in [0.4, 0.5) is 0 Å². The lowest BCUT2D eigenvalue weighted by Crippen LogP contribution is -2.17. The molecule has 116 valence electrons. The zero-order valence-corrected chi connectivity index (χ0v) is 13.2. The first-order valence-corrected chi connectivity index (χ1v) is 8.67. The van der Waals surface area contributed by atoms with E-state index in [0.717, 1.165) is 19.3 Å².